The molecule has 1 atom stereocenters. The third kappa shape index (κ3) is 2.19. The third-order valence-electron chi connectivity index (χ3n) is 3.54. The predicted molar refractivity (Wildman–Crippen MR) is 69.7 cm³/mol. The monoisotopic (exact) mass is 260 g/mol. The number of likely N-dealkylation sites (tertiary alicyclic amines) is 1. The van der Waals surface area contributed by atoms with Crippen molar-refractivity contribution in [1.29, 1.82) is 0 Å². The molecule has 6 nitrogen and oxygen atoms in total. The number of fused-ring (bicyclic) bond motifs is 1. The van der Waals surface area contributed by atoms with Gasteiger partial charge in [0.2, 0.25) is 0 Å². The number of benzene rings is 1. The van der Waals surface area contributed by atoms with E-state index in [1.54, 1.807) is 21.7 Å². The molecule has 1 N–H and O–H groups in total. The van der Waals surface area contributed by atoms with Crippen molar-refractivity contribution in [2.45, 2.75) is 18.9 Å². The van der Waals surface area contributed by atoms with Gasteiger partial charge in [-0.1, -0.05) is 5.21 Å². The Morgan fingerprint density at radius 3 is 3.11 bits per heavy atom. The highest BCUT2D eigenvalue weighted by atomic mass is 16.3. The lowest BCUT2D eigenvalue weighted by Crippen LogP contribution is -2.42. The van der Waals surface area contributed by atoms with Gasteiger partial charge in [-0.3, -0.25) is 4.79 Å². The van der Waals surface area contributed by atoms with Gasteiger partial charge in [0.05, 0.1) is 11.6 Å². The fraction of sp³-hybridized carbons (Fsp3) is 0.462. The summed E-state index contributed by atoms with van der Waals surface area (Å²) in [4.78, 5) is 14.1. The van der Waals surface area contributed by atoms with Crippen molar-refractivity contribution < 1.29 is 9.90 Å². The summed E-state index contributed by atoms with van der Waals surface area (Å²) in [5, 5.41) is 17.6. The molecule has 1 saturated heterocycles. The largest absolute Gasteiger partial charge is 0.391 e. The molecule has 1 unspecified atom stereocenters. The van der Waals surface area contributed by atoms with Crippen LogP contribution in [0.2, 0.25) is 0 Å². The highest BCUT2D eigenvalue weighted by Crippen LogP contribution is 2.17. The average molecular weight is 260 g/mol. The molecule has 0 saturated carbocycles. The smallest absolute Gasteiger partial charge is 0.254 e. The summed E-state index contributed by atoms with van der Waals surface area (Å²) < 4.78 is 1.67. The minimum absolute atomic E-state index is 0.0497. The van der Waals surface area contributed by atoms with Gasteiger partial charge in [-0.15, -0.1) is 5.10 Å². The molecule has 1 aliphatic rings. The van der Waals surface area contributed by atoms with Crippen LogP contribution in [0.1, 0.15) is 23.2 Å². The molecule has 1 aromatic carbocycles. The summed E-state index contributed by atoms with van der Waals surface area (Å²) in [6, 6.07) is 5.39. The quantitative estimate of drug-likeness (QED) is 0.813. The first-order chi connectivity index (χ1) is 9.15. The van der Waals surface area contributed by atoms with E-state index in [0.717, 1.165) is 18.4 Å². The van der Waals surface area contributed by atoms with Crippen molar-refractivity contribution in [3.8, 4) is 0 Å². The van der Waals surface area contributed by atoms with E-state index in [1.165, 1.54) is 0 Å². The first kappa shape index (κ1) is 12.1. The number of carbonyl (C=O) groups excluding carboxylic acids is 1. The number of aromatic nitrogens is 3. The number of hydrogen-bond donors (Lipinski definition) is 1. The number of carbonyl (C=O) groups is 1. The molecule has 0 bridgehead atoms. The molecule has 2 aromatic rings. The summed E-state index contributed by atoms with van der Waals surface area (Å²) in [5.41, 5.74) is 2.21. The Morgan fingerprint density at radius 2 is 2.32 bits per heavy atom. The zero-order chi connectivity index (χ0) is 13.4. The summed E-state index contributed by atoms with van der Waals surface area (Å²) >= 11 is 0. The van der Waals surface area contributed by atoms with Gasteiger partial charge < -0.3 is 10.0 Å². The topological polar surface area (TPSA) is 71.2 Å². The van der Waals surface area contributed by atoms with Crippen molar-refractivity contribution in [3.05, 3.63) is 23.8 Å². The van der Waals surface area contributed by atoms with E-state index in [9.17, 15) is 9.90 Å². The minimum atomic E-state index is -0.405. The molecule has 6 heteroatoms. The van der Waals surface area contributed by atoms with Gasteiger partial charge in [-0.05, 0) is 31.0 Å². The number of hydrogen-bond acceptors (Lipinski definition) is 4. The van der Waals surface area contributed by atoms with Crippen LogP contribution in [0.5, 0.6) is 0 Å². The zero-order valence-corrected chi connectivity index (χ0v) is 10.8. The molecule has 1 aromatic heterocycles. The lowest BCUT2D eigenvalue weighted by Gasteiger charge is -2.30. The van der Waals surface area contributed by atoms with Gasteiger partial charge in [0, 0.05) is 25.7 Å². The molecular weight excluding hydrogens is 244 g/mol. The van der Waals surface area contributed by atoms with E-state index in [2.05, 4.69) is 10.3 Å². The Labute approximate surface area is 110 Å². The van der Waals surface area contributed by atoms with Gasteiger partial charge >= 0.3 is 0 Å². The Morgan fingerprint density at radius 1 is 1.47 bits per heavy atom. The second kappa shape index (κ2) is 4.62. The predicted octanol–water partition coefficient (Wildman–Crippen LogP) is 0.565. The lowest BCUT2D eigenvalue weighted by atomic mass is 10.1. The van der Waals surface area contributed by atoms with Crippen LogP contribution in [0, 0.1) is 0 Å². The maximum Gasteiger partial charge on any atom is 0.254 e. The first-order valence-electron chi connectivity index (χ1n) is 6.42. The van der Waals surface area contributed by atoms with Crippen LogP contribution in [0.4, 0.5) is 0 Å². The molecule has 19 heavy (non-hydrogen) atoms. The van der Waals surface area contributed by atoms with Crippen LogP contribution in [0.15, 0.2) is 18.2 Å². The molecular formula is C13H16N4O2. The Kier molecular flexibility index (Phi) is 2.94. The number of rotatable bonds is 1. The molecule has 3 rings (SSSR count). The fourth-order valence-electron chi connectivity index (χ4n) is 2.50. The molecule has 0 aliphatic carbocycles. The molecule has 100 valence electrons. The van der Waals surface area contributed by atoms with Crippen molar-refractivity contribution in [3.63, 3.8) is 0 Å². The molecule has 1 aliphatic heterocycles. The number of aryl methyl sites for hydroxylation is 1. The van der Waals surface area contributed by atoms with Crippen molar-refractivity contribution >= 4 is 16.9 Å². The summed E-state index contributed by atoms with van der Waals surface area (Å²) in [6.07, 6.45) is 1.21. The second-order valence-electron chi connectivity index (χ2n) is 4.96. The third-order valence-corrected chi connectivity index (χ3v) is 3.54. The highest BCUT2D eigenvalue weighted by molar-refractivity contribution is 5.97. The molecule has 1 fully saturated rings. The summed E-state index contributed by atoms with van der Waals surface area (Å²) in [5.74, 6) is -0.0497. The van der Waals surface area contributed by atoms with Crippen molar-refractivity contribution in [2.24, 2.45) is 7.05 Å². The fourth-order valence-corrected chi connectivity index (χ4v) is 2.50. The maximum atomic E-state index is 12.4. The van der Waals surface area contributed by atoms with E-state index < -0.39 is 6.10 Å². The van der Waals surface area contributed by atoms with E-state index in [-0.39, 0.29) is 5.91 Å². The Bertz CT molecular complexity index is 622. The number of piperidine rings is 1. The molecule has 1 amide bonds. The van der Waals surface area contributed by atoms with Gasteiger partial charge in [0.1, 0.15) is 5.52 Å². The zero-order valence-electron chi connectivity index (χ0n) is 10.8. The lowest BCUT2D eigenvalue weighted by molar-refractivity contribution is 0.0474. The van der Waals surface area contributed by atoms with E-state index in [1.807, 2.05) is 13.1 Å². The van der Waals surface area contributed by atoms with Crippen LogP contribution in [-0.2, 0) is 7.05 Å². The van der Waals surface area contributed by atoms with Crippen molar-refractivity contribution in [2.75, 3.05) is 13.1 Å². The van der Waals surface area contributed by atoms with Gasteiger partial charge in [0.25, 0.3) is 5.91 Å². The number of nitrogens with zero attached hydrogens (tertiary/aromatic N) is 4. The normalized spacial score (nSPS) is 19.9. The number of aliphatic hydroxyl groups excluding tert-OH is 1. The van der Waals surface area contributed by atoms with E-state index in [0.29, 0.717) is 24.2 Å². The molecule has 0 radical (unpaired) electrons. The van der Waals surface area contributed by atoms with Gasteiger partial charge in [-0.2, -0.15) is 0 Å². The standard InChI is InChI=1S/C13H16N4O2/c1-16-12-5-4-9(7-11(12)14-15-16)13(19)17-6-2-3-10(18)8-17/h4-5,7,10,18H,2-3,6,8H2,1H3. The van der Waals surface area contributed by atoms with Crippen LogP contribution in [0.3, 0.4) is 0 Å². The minimum Gasteiger partial charge on any atom is -0.391 e. The average Bonchev–Trinajstić information content (AvgIpc) is 2.79. The van der Waals surface area contributed by atoms with E-state index >= 15 is 0 Å². The van der Waals surface area contributed by atoms with Crippen LogP contribution in [0.25, 0.3) is 11.0 Å². The van der Waals surface area contributed by atoms with Crippen molar-refractivity contribution in [1.82, 2.24) is 19.9 Å². The maximum absolute atomic E-state index is 12.4. The molecule has 0 spiro atoms. The van der Waals surface area contributed by atoms with E-state index in [4.69, 9.17) is 0 Å². The second-order valence-corrected chi connectivity index (χ2v) is 4.96. The Hall–Kier alpha value is -1.95. The summed E-state index contributed by atoms with van der Waals surface area (Å²) in [6.45, 7) is 1.12. The number of amides is 1. The van der Waals surface area contributed by atoms with Crippen LogP contribution < -0.4 is 0 Å². The van der Waals surface area contributed by atoms with Crippen LogP contribution in [-0.4, -0.2) is 50.1 Å². The molecule has 2 heterocycles. The number of β-amino-alcohol motifs (C(OH)–C–C–N with tert-alkyl or cyclic N) is 1. The van der Waals surface area contributed by atoms with Gasteiger partial charge in [0.15, 0.2) is 0 Å². The highest BCUT2D eigenvalue weighted by Gasteiger charge is 2.23. The SMILES string of the molecule is Cn1nnc2cc(C(=O)N3CCCC(O)C3)ccc21. The first-order valence-corrected chi connectivity index (χ1v) is 6.42. The van der Waals surface area contributed by atoms with Crippen LogP contribution >= 0.6 is 0 Å². The number of aliphatic hydroxyl groups is 1. The Balaban J connectivity index is 1.88. The van der Waals surface area contributed by atoms with Gasteiger partial charge in [-0.25, -0.2) is 4.68 Å². The summed E-state index contributed by atoms with van der Waals surface area (Å²) in [7, 11) is 1.82.